The van der Waals surface area contributed by atoms with Crippen LogP contribution in [0.15, 0.2) is 45.8 Å². The van der Waals surface area contributed by atoms with Crippen molar-refractivity contribution < 1.29 is 9.47 Å². The summed E-state index contributed by atoms with van der Waals surface area (Å²) in [6, 6.07) is 5.83. The lowest BCUT2D eigenvalue weighted by Gasteiger charge is -2.12. The van der Waals surface area contributed by atoms with E-state index in [4.69, 9.17) is 19.6 Å². The molecule has 1 aromatic carbocycles. The zero-order chi connectivity index (χ0) is 19.9. The van der Waals surface area contributed by atoms with Crippen LogP contribution in [0.2, 0.25) is 0 Å². The smallest absolute Gasteiger partial charge is 0.206 e. The third-order valence-electron chi connectivity index (χ3n) is 4.77. The number of methoxy groups -OCH3 is 2. The first kappa shape index (κ1) is 20.4. The molecule has 1 aliphatic carbocycles. The maximum absolute atomic E-state index is 5.61. The largest absolute Gasteiger partial charge is 0.497 e. The van der Waals surface area contributed by atoms with Crippen molar-refractivity contribution in [1.82, 2.24) is 4.68 Å². The van der Waals surface area contributed by atoms with Crippen molar-refractivity contribution in [3.05, 3.63) is 40.5 Å². The van der Waals surface area contributed by atoms with Crippen LogP contribution in [0.3, 0.4) is 0 Å². The third kappa shape index (κ3) is 4.93. The minimum Gasteiger partial charge on any atom is -0.497 e. The molecule has 3 rings (SSSR count). The second-order valence-corrected chi connectivity index (χ2v) is 7.97. The van der Waals surface area contributed by atoms with Gasteiger partial charge in [-0.05, 0) is 50.8 Å². The van der Waals surface area contributed by atoms with Crippen molar-refractivity contribution in [3.63, 3.8) is 0 Å². The van der Waals surface area contributed by atoms with Crippen molar-refractivity contribution in [1.29, 1.82) is 0 Å². The summed E-state index contributed by atoms with van der Waals surface area (Å²) in [5, 5.41) is 7.14. The summed E-state index contributed by atoms with van der Waals surface area (Å²) in [4.78, 5) is 5.62. The lowest BCUT2D eigenvalue weighted by molar-refractivity contribution is 0.404. The Morgan fingerprint density at radius 1 is 1.14 bits per heavy atom. The molecule has 0 saturated heterocycles. The Labute approximate surface area is 171 Å². The molecule has 0 bridgehead atoms. The predicted octanol–water partition coefficient (Wildman–Crippen LogP) is 5.27. The van der Waals surface area contributed by atoms with Gasteiger partial charge in [0.25, 0.3) is 0 Å². The van der Waals surface area contributed by atoms with Crippen LogP contribution in [0, 0.1) is 0 Å². The van der Waals surface area contributed by atoms with E-state index in [-0.39, 0.29) is 0 Å². The van der Waals surface area contributed by atoms with Crippen molar-refractivity contribution in [2.45, 2.75) is 45.4 Å². The first-order chi connectivity index (χ1) is 13.6. The van der Waals surface area contributed by atoms with E-state index in [1.807, 2.05) is 29.8 Å². The molecule has 6 heteroatoms. The summed E-state index contributed by atoms with van der Waals surface area (Å²) in [6.07, 6.45) is 7.10. The first-order valence-corrected chi connectivity index (χ1v) is 10.6. The summed E-state index contributed by atoms with van der Waals surface area (Å²) in [7, 11) is 3.36. The lowest BCUT2D eigenvalue weighted by Crippen LogP contribution is -2.15. The average Bonchev–Trinajstić information content (AvgIpc) is 2.91. The van der Waals surface area contributed by atoms with Crippen LogP contribution in [-0.2, 0) is 0 Å². The standard InChI is InChI=1S/C22H29N3O2S/c1-16(2)14-23-22-25(24-17-9-7-5-6-8-10-17)20(15-28-22)19-13-18(26-3)11-12-21(19)27-4/h11-13,15H,1,5-10,14H2,2-4H3. The normalized spacial score (nSPS) is 15.2. The molecule has 0 aliphatic heterocycles. The highest BCUT2D eigenvalue weighted by molar-refractivity contribution is 7.07. The fraction of sp³-hybridized carbons (Fsp3) is 0.455. The Kier molecular flexibility index (Phi) is 7.09. The highest BCUT2D eigenvalue weighted by Gasteiger charge is 2.15. The molecule has 5 nitrogen and oxygen atoms in total. The van der Waals surface area contributed by atoms with Gasteiger partial charge in [0.05, 0.1) is 26.5 Å². The summed E-state index contributed by atoms with van der Waals surface area (Å²) < 4.78 is 13.0. The molecule has 0 atom stereocenters. The van der Waals surface area contributed by atoms with Crippen molar-refractivity contribution in [2.24, 2.45) is 10.1 Å². The van der Waals surface area contributed by atoms with E-state index in [2.05, 4.69) is 12.0 Å². The van der Waals surface area contributed by atoms with Crippen LogP contribution in [0.4, 0.5) is 0 Å². The number of hydrogen-bond acceptors (Lipinski definition) is 5. The molecule has 2 aromatic rings. The second kappa shape index (κ2) is 9.73. The zero-order valence-electron chi connectivity index (χ0n) is 17.0. The number of aromatic nitrogens is 1. The van der Waals surface area contributed by atoms with Gasteiger partial charge in [-0.3, -0.25) is 4.99 Å². The van der Waals surface area contributed by atoms with Crippen molar-refractivity contribution in [2.75, 3.05) is 20.8 Å². The second-order valence-electron chi connectivity index (χ2n) is 7.14. The fourth-order valence-corrected chi connectivity index (χ4v) is 4.11. The fourth-order valence-electron chi connectivity index (χ4n) is 3.28. The molecule has 0 amide bonds. The van der Waals surface area contributed by atoms with E-state index in [1.54, 1.807) is 25.6 Å². The third-order valence-corrected chi connectivity index (χ3v) is 5.63. The maximum atomic E-state index is 5.61. The topological polar surface area (TPSA) is 48.1 Å². The van der Waals surface area contributed by atoms with Gasteiger partial charge in [-0.1, -0.05) is 25.0 Å². The Bertz CT molecular complexity index is 914. The molecule has 0 spiro atoms. The summed E-state index contributed by atoms with van der Waals surface area (Å²) in [5.41, 5.74) is 4.20. The highest BCUT2D eigenvalue weighted by Crippen LogP contribution is 2.34. The Hall–Kier alpha value is -2.34. The van der Waals surface area contributed by atoms with Gasteiger partial charge in [-0.15, -0.1) is 11.3 Å². The number of nitrogens with zero attached hydrogens (tertiary/aromatic N) is 3. The minimum absolute atomic E-state index is 0.597. The van der Waals surface area contributed by atoms with Gasteiger partial charge < -0.3 is 9.47 Å². The van der Waals surface area contributed by atoms with Gasteiger partial charge in [0.15, 0.2) is 0 Å². The van der Waals surface area contributed by atoms with Gasteiger partial charge in [0.2, 0.25) is 4.80 Å². The molecule has 1 aliphatic rings. The quantitative estimate of drug-likeness (QED) is 0.491. The van der Waals surface area contributed by atoms with Crippen LogP contribution in [0.25, 0.3) is 11.3 Å². The number of hydrogen-bond donors (Lipinski definition) is 0. The minimum atomic E-state index is 0.597. The SMILES string of the molecule is C=C(C)CN=c1scc(-c2cc(OC)ccc2OC)n1N=C1CCCCCC1. The lowest BCUT2D eigenvalue weighted by atomic mass is 10.1. The number of thiazole rings is 1. The number of benzene rings is 1. The van der Waals surface area contributed by atoms with E-state index in [0.29, 0.717) is 6.54 Å². The van der Waals surface area contributed by atoms with Crippen LogP contribution in [-0.4, -0.2) is 31.2 Å². The monoisotopic (exact) mass is 399 g/mol. The molecule has 1 heterocycles. The molecular weight excluding hydrogens is 370 g/mol. The van der Waals surface area contributed by atoms with Gasteiger partial charge in [0.1, 0.15) is 11.5 Å². The van der Waals surface area contributed by atoms with Gasteiger partial charge in [-0.2, -0.15) is 5.10 Å². The molecular formula is C22H29N3O2S. The van der Waals surface area contributed by atoms with Crippen molar-refractivity contribution >= 4 is 17.0 Å². The van der Waals surface area contributed by atoms with Crippen LogP contribution < -0.4 is 14.3 Å². The molecule has 0 N–H and O–H groups in total. The van der Waals surface area contributed by atoms with E-state index in [0.717, 1.165) is 46.0 Å². The molecule has 0 unspecified atom stereocenters. The van der Waals surface area contributed by atoms with Crippen LogP contribution in [0.5, 0.6) is 11.5 Å². The summed E-state index contributed by atoms with van der Waals surface area (Å²) in [5.74, 6) is 1.58. The van der Waals surface area contributed by atoms with Gasteiger partial charge in [0, 0.05) is 16.7 Å². The maximum Gasteiger partial charge on any atom is 0.206 e. The molecule has 1 fully saturated rings. The zero-order valence-corrected chi connectivity index (χ0v) is 17.8. The molecule has 150 valence electrons. The molecule has 28 heavy (non-hydrogen) atoms. The van der Waals surface area contributed by atoms with Crippen LogP contribution >= 0.6 is 11.3 Å². The predicted molar refractivity (Wildman–Crippen MR) is 117 cm³/mol. The Balaban J connectivity index is 2.15. The molecule has 1 saturated carbocycles. The highest BCUT2D eigenvalue weighted by atomic mass is 32.1. The van der Waals surface area contributed by atoms with Crippen molar-refractivity contribution in [3.8, 4) is 22.8 Å². The summed E-state index contributed by atoms with van der Waals surface area (Å²) >= 11 is 1.59. The van der Waals surface area contributed by atoms with Gasteiger partial charge >= 0.3 is 0 Å². The van der Waals surface area contributed by atoms with Crippen LogP contribution in [0.1, 0.15) is 45.4 Å². The van der Waals surface area contributed by atoms with Gasteiger partial charge in [-0.25, -0.2) is 4.68 Å². The van der Waals surface area contributed by atoms with E-state index in [9.17, 15) is 0 Å². The average molecular weight is 400 g/mol. The Morgan fingerprint density at radius 3 is 2.54 bits per heavy atom. The number of ether oxygens (including phenoxy) is 2. The summed E-state index contributed by atoms with van der Waals surface area (Å²) in [6.45, 7) is 6.56. The van der Waals surface area contributed by atoms with E-state index in [1.165, 1.54) is 31.4 Å². The van der Waals surface area contributed by atoms with E-state index < -0.39 is 0 Å². The molecule has 0 radical (unpaired) electrons. The molecule has 1 aromatic heterocycles. The number of rotatable bonds is 6. The first-order valence-electron chi connectivity index (χ1n) is 9.77. The van der Waals surface area contributed by atoms with E-state index >= 15 is 0 Å². The Morgan fingerprint density at radius 2 is 1.89 bits per heavy atom.